The average molecular weight is 387 g/mol. The molecule has 1 aliphatic heterocycles. The molecule has 1 unspecified atom stereocenters. The van der Waals surface area contributed by atoms with E-state index in [9.17, 15) is 9.59 Å². The van der Waals surface area contributed by atoms with Crippen molar-refractivity contribution in [1.82, 2.24) is 15.3 Å². The van der Waals surface area contributed by atoms with Crippen LogP contribution in [0.15, 0.2) is 61.1 Å². The predicted octanol–water partition coefficient (Wildman–Crippen LogP) is 3.49. The van der Waals surface area contributed by atoms with Crippen LogP contribution in [0.4, 0.5) is 0 Å². The molecular weight excluding hydrogens is 366 g/mol. The molecule has 1 saturated heterocycles. The molecular formula is C23H21N3O3. The number of amides is 2. The molecule has 29 heavy (non-hydrogen) atoms. The van der Waals surface area contributed by atoms with Gasteiger partial charge in [0.15, 0.2) is 0 Å². The van der Waals surface area contributed by atoms with Gasteiger partial charge in [0.1, 0.15) is 11.5 Å². The third kappa shape index (κ3) is 4.48. The fraction of sp³-hybridized carbons (Fsp3) is 0.217. The van der Waals surface area contributed by atoms with Crippen molar-refractivity contribution in [3.05, 3.63) is 83.4 Å². The second-order valence-electron chi connectivity index (χ2n) is 7.13. The number of nitrogens with zero attached hydrogens (tertiary/aromatic N) is 2. The minimum absolute atomic E-state index is 0.119. The van der Waals surface area contributed by atoms with E-state index in [0.29, 0.717) is 17.1 Å². The Morgan fingerprint density at radius 1 is 1.03 bits per heavy atom. The quantitative estimate of drug-likeness (QED) is 0.655. The summed E-state index contributed by atoms with van der Waals surface area (Å²) in [5.74, 6) is 0.0629. The molecule has 146 valence electrons. The highest BCUT2D eigenvalue weighted by Crippen LogP contribution is 2.33. The van der Waals surface area contributed by atoms with Gasteiger partial charge >= 0.3 is 0 Å². The monoisotopic (exact) mass is 387 g/mol. The maximum Gasteiger partial charge on any atom is 0.234 e. The maximum atomic E-state index is 12.0. The van der Waals surface area contributed by atoms with Crippen LogP contribution < -0.4 is 10.1 Å². The van der Waals surface area contributed by atoms with Crippen molar-refractivity contribution in [3.8, 4) is 11.5 Å². The molecule has 6 nitrogen and oxygen atoms in total. The van der Waals surface area contributed by atoms with Crippen LogP contribution in [0, 0.1) is 6.92 Å². The number of rotatable bonds is 6. The van der Waals surface area contributed by atoms with Crippen LogP contribution in [-0.4, -0.2) is 21.8 Å². The number of benzene rings is 1. The molecule has 3 aromatic rings. The summed E-state index contributed by atoms with van der Waals surface area (Å²) < 4.78 is 6.00. The lowest BCUT2D eigenvalue weighted by molar-refractivity contribution is -0.125. The molecule has 6 heteroatoms. The first kappa shape index (κ1) is 18.8. The van der Waals surface area contributed by atoms with E-state index >= 15 is 0 Å². The van der Waals surface area contributed by atoms with Gasteiger partial charge in [-0.25, -0.2) is 0 Å². The molecule has 0 spiro atoms. The van der Waals surface area contributed by atoms with Gasteiger partial charge in [-0.2, -0.15) is 0 Å². The Morgan fingerprint density at radius 2 is 1.83 bits per heavy atom. The number of pyridine rings is 2. The van der Waals surface area contributed by atoms with Gasteiger partial charge in [0, 0.05) is 36.3 Å². The topological polar surface area (TPSA) is 81.2 Å². The van der Waals surface area contributed by atoms with E-state index in [4.69, 9.17) is 4.74 Å². The number of carbonyl (C=O) groups is 2. The van der Waals surface area contributed by atoms with Crippen molar-refractivity contribution >= 4 is 11.8 Å². The molecule has 2 aromatic heterocycles. The number of carbonyl (C=O) groups excluding carboxylic acids is 2. The summed E-state index contributed by atoms with van der Waals surface area (Å²) >= 11 is 0. The molecule has 1 aliphatic rings. The van der Waals surface area contributed by atoms with Crippen molar-refractivity contribution < 1.29 is 14.3 Å². The predicted molar refractivity (Wildman–Crippen MR) is 108 cm³/mol. The molecule has 0 bridgehead atoms. The molecule has 1 atom stereocenters. The fourth-order valence-electron chi connectivity index (χ4n) is 3.45. The number of aryl methyl sites for hydroxylation is 3. The lowest BCUT2D eigenvalue weighted by Crippen LogP contribution is -2.21. The van der Waals surface area contributed by atoms with E-state index in [1.165, 1.54) is 11.1 Å². The van der Waals surface area contributed by atoms with E-state index in [1.807, 2.05) is 43.5 Å². The first-order chi connectivity index (χ1) is 14.1. The largest absolute Gasteiger partial charge is 0.457 e. The fourth-order valence-corrected chi connectivity index (χ4v) is 3.45. The van der Waals surface area contributed by atoms with Gasteiger partial charge in [-0.15, -0.1) is 0 Å². The number of hydrogen-bond acceptors (Lipinski definition) is 5. The highest BCUT2D eigenvalue weighted by molar-refractivity contribution is 6.06. The van der Waals surface area contributed by atoms with Crippen molar-refractivity contribution in [1.29, 1.82) is 0 Å². The first-order valence-electron chi connectivity index (χ1n) is 9.54. The SMILES string of the molecule is Cc1cc(CCc2ccc(Oc3ccncc3C3CC(=O)NC3=O)cc2)ccn1. The van der Waals surface area contributed by atoms with Gasteiger partial charge in [-0.3, -0.25) is 24.9 Å². The Labute approximate surface area is 169 Å². The number of hydrogen-bond donors (Lipinski definition) is 1. The van der Waals surface area contributed by atoms with Crippen LogP contribution in [-0.2, 0) is 22.4 Å². The van der Waals surface area contributed by atoms with Crippen molar-refractivity contribution in [2.45, 2.75) is 32.1 Å². The van der Waals surface area contributed by atoms with E-state index in [1.54, 1.807) is 18.5 Å². The van der Waals surface area contributed by atoms with E-state index < -0.39 is 5.92 Å². The summed E-state index contributed by atoms with van der Waals surface area (Å²) in [6.45, 7) is 1.99. The second-order valence-corrected chi connectivity index (χ2v) is 7.13. The number of ether oxygens (including phenoxy) is 1. The Balaban J connectivity index is 1.44. The standard InChI is InChI=1S/C23H21N3O3/c1-15-12-17(8-11-25-15)3-2-16-4-6-18(7-5-16)29-21-9-10-24-14-20(21)19-13-22(27)26-23(19)28/h4-12,14,19H,2-3,13H2,1H3,(H,26,27,28). The lowest BCUT2D eigenvalue weighted by atomic mass is 9.98. The molecule has 3 heterocycles. The van der Waals surface area contributed by atoms with Crippen molar-refractivity contribution in [2.24, 2.45) is 0 Å². The van der Waals surface area contributed by atoms with Crippen LogP contribution in [0.25, 0.3) is 0 Å². The summed E-state index contributed by atoms with van der Waals surface area (Å²) in [6, 6.07) is 13.8. The molecule has 4 rings (SSSR count). The summed E-state index contributed by atoms with van der Waals surface area (Å²) in [5, 5.41) is 2.33. The van der Waals surface area contributed by atoms with E-state index in [2.05, 4.69) is 21.4 Å². The van der Waals surface area contributed by atoms with Gasteiger partial charge < -0.3 is 4.74 Å². The third-order valence-electron chi connectivity index (χ3n) is 4.97. The Hall–Kier alpha value is -3.54. The minimum atomic E-state index is -0.561. The highest BCUT2D eigenvalue weighted by Gasteiger charge is 2.34. The summed E-state index contributed by atoms with van der Waals surface area (Å²) in [4.78, 5) is 31.9. The smallest absolute Gasteiger partial charge is 0.234 e. The van der Waals surface area contributed by atoms with E-state index in [-0.39, 0.29) is 18.2 Å². The van der Waals surface area contributed by atoms with Crippen molar-refractivity contribution in [2.75, 3.05) is 0 Å². The molecule has 1 aromatic carbocycles. The zero-order valence-electron chi connectivity index (χ0n) is 16.1. The lowest BCUT2D eigenvalue weighted by Gasteiger charge is -2.13. The Kier molecular flexibility index (Phi) is 5.33. The summed E-state index contributed by atoms with van der Waals surface area (Å²) in [5.41, 5.74) is 4.12. The third-order valence-corrected chi connectivity index (χ3v) is 4.97. The van der Waals surface area contributed by atoms with Crippen LogP contribution in [0.1, 0.15) is 34.7 Å². The summed E-state index contributed by atoms with van der Waals surface area (Å²) in [7, 11) is 0. The number of aromatic nitrogens is 2. The first-order valence-corrected chi connectivity index (χ1v) is 9.54. The zero-order valence-corrected chi connectivity index (χ0v) is 16.1. The van der Waals surface area contributed by atoms with Gasteiger partial charge in [0.05, 0.1) is 5.92 Å². The minimum Gasteiger partial charge on any atom is -0.457 e. The van der Waals surface area contributed by atoms with Crippen LogP contribution in [0.3, 0.4) is 0 Å². The molecule has 0 saturated carbocycles. The van der Waals surface area contributed by atoms with Gasteiger partial charge in [-0.1, -0.05) is 12.1 Å². The van der Waals surface area contributed by atoms with Gasteiger partial charge in [0.2, 0.25) is 11.8 Å². The molecule has 0 aliphatic carbocycles. The molecule has 0 radical (unpaired) electrons. The molecule has 2 amide bonds. The van der Waals surface area contributed by atoms with E-state index in [0.717, 1.165) is 18.5 Å². The molecule has 1 N–H and O–H groups in total. The molecule has 1 fully saturated rings. The zero-order chi connectivity index (χ0) is 20.2. The highest BCUT2D eigenvalue weighted by atomic mass is 16.5. The Bertz CT molecular complexity index is 1050. The van der Waals surface area contributed by atoms with Gasteiger partial charge in [0.25, 0.3) is 0 Å². The number of imide groups is 1. The van der Waals surface area contributed by atoms with Crippen LogP contribution in [0.2, 0.25) is 0 Å². The van der Waals surface area contributed by atoms with Crippen LogP contribution >= 0.6 is 0 Å². The normalized spacial score (nSPS) is 16.0. The van der Waals surface area contributed by atoms with Crippen LogP contribution in [0.5, 0.6) is 11.5 Å². The Morgan fingerprint density at radius 3 is 2.55 bits per heavy atom. The second kappa shape index (κ2) is 8.22. The maximum absolute atomic E-state index is 12.0. The van der Waals surface area contributed by atoms with Crippen molar-refractivity contribution in [3.63, 3.8) is 0 Å². The van der Waals surface area contributed by atoms with Gasteiger partial charge in [-0.05, 0) is 61.2 Å². The average Bonchev–Trinajstić information content (AvgIpc) is 3.06. The summed E-state index contributed by atoms with van der Waals surface area (Å²) in [6.07, 6.45) is 7.03. The number of nitrogens with one attached hydrogen (secondary N) is 1.